The zero-order valence-corrected chi connectivity index (χ0v) is 17.2. The number of urea groups is 1. The first-order valence-corrected chi connectivity index (χ1v) is 10.2. The molecule has 2 aliphatic rings. The van der Waals surface area contributed by atoms with E-state index in [2.05, 4.69) is 50.5 Å². The van der Waals surface area contributed by atoms with Crippen molar-refractivity contribution in [3.05, 3.63) is 35.4 Å². The summed E-state index contributed by atoms with van der Waals surface area (Å²) < 4.78 is 0. The van der Waals surface area contributed by atoms with E-state index in [0.717, 1.165) is 44.3 Å². The Hall–Kier alpha value is -1.59. The topological polar surface area (TPSA) is 64.6 Å². The van der Waals surface area contributed by atoms with Crippen molar-refractivity contribution < 1.29 is 9.90 Å². The largest absolute Gasteiger partial charge is 0.392 e. The lowest BCUT2D eigenvalue weighted by Gasteiger charge is -2.47. The van der Waals surface area contributed by atoms with Gasteiger partial charge in [-0.2, -0.15) is 0 Å². The highest BCUT2D eigenvalue weighted by Crippen LogP contribution is 2.30. The molecule has 150 valence electrons. The Morgan fingerprint density at radius 3 is 2.41 bits per heavy atom. The maximum atomic E-state index is 12.9. The minimum absolute atomic E-state index is 0.0264. The predicted molar refractivity (Wildman–Crippen MR) is 109 cm³/mol. The number of piperidine rings is 2. The second kappa shape index (κ2) is 7.80. The normalized spacial score (nSPS) is 25.2. The summed E-state index contributed by atoms with van der Waals surface area (Å²) >= 11 is 0. The fraction of sp³-hybridized carbons (Fsp3) is 0.682. The second-order valence-corrected chi connectivity index (χ2v) is 9.63. The highest BCUT2D eigenvalue weighted by molar-refractivity contribution is 5.74. The first-order chi connectivity index (χ1) is 12.7. The van der Waals surface area contributed by atoms with E-state index in [4.69, 9.17) is 0 Å². The van der Waals surface area contributed by atoms with Crippen molar-refractivity contribution >= 4 is 6.03 Å². The van der Waals surface area contributed by atoms with Crippen LogP contribution in [0.5, 0.6) is 0 Å². The van der Waals surface area contributed by atoms with Crippen LogP contribution >= 0.6 is 0 Å². The summed E-state index contributed by atoms with van der Waals surface area (Å²) in [7, 11) is 0. The summed E-state index contributed by atoms with van der Waals surface area (Å²) in [5.41, 5.74) is 2.24. The Labute approximate surface area is 163 Å². The van der Waals surface area contributed by atoms with E-state index in [9.17, 15) is 9.90 Å². The number of hydrogen-bond donors (Lipinski definition) is 3. The number of aliphatic hydroxyl groups excluding tert-OH is 1. The molecule has 0 radical (unpaired) electrons. The third-order valence-electron chi connectivity index (χ3n) is 5.86. The number of carbonyl (C=O) groups excluding carboxylic acids is 1. The summed E-state index contributed by atoms with van der Waals surface area (Å²) in [5, 5.41) is 16.2. The van der Waals surface area contributed by atoms with Gasteiger partial charge in [0.2, 0.25) is 0 Å². The van der Waals surface area contributed by atoms with Gasteiger partial charge in [0, 0.05) is 36.1 Å². The zero-order chi connectivity index (χ0) is 19.7. The number of carbonyl (C=O) groups is 1. The van der Waals surface area contributed by atoms with Crippen LogP contribution in [0, 0.1) is 0 Å². The Balaban J connectivity index is 1.61. The Bertz CT molecular complexity index is 638. The van der Waals surface area contributed by atoms with E-state index in [1.165, 1.54) is 5.56 Å². The minimum atomic E-state index is 0.0264. The fourth-order valence-electron chi connectivity index (χ4n) is 5.02. The summed E-state index contributed by atoms with van der Waals surface area (Å²) in [6.45, 7) is 10.5. The van der Waals surface area contributed by atoms with E-state index in [-0.39, 0.29) is 29.8 Å². The van der Waals surface area contributed by atoms with Crippen molar-refractivity contribution in [3.8, 4) is 0 Å². The summed E-state index contributed by atoms with van der Waals surface area (Å²) in [6, 6.07) is 8.42. The number of benzene rings is 1. The maximum absolute atomic E-state index is 12.9. The van der Waals surface area contributed by atoms with Crippen molar-refractivity contribution in [1.29, 1.82) is 0 Å². The highest BCUT2D eigenvalue weighted by atomic mass is 16.3. The van der Waals surface area contributed by atoms with Crippen LogP contribution in [0.3, 0.4) is 0 Å². The number of amides is 2. The summed E-state index contributed by atoms with van der Waals surface area (Å²) in [6.07, 6.45) is 4.03. The van der Waals surface area contributed by atoms with Crippen LogP contribution in [0.1, 0.15) is 70.4 Å². The van der Waals surface area contributed by atoms with Crippen molar-refractivity contribution in [1.82, 2.24) is 15.5 Å². The van der Waals surface area contributed by atoms with Crippen molar-refractivity contribution in [2.75, 3.05) is 13.1 Å². The Morgan fingerprint density at radius 1 is 1.19 bits per heavy atom. The van der Waals surface area contributed by atoms with Crippen LogP contribution in [-0.2, 0) is 6.61 Å². The molecule has 27 heavy (non-hydrogen) atoms. The molecule has 3 rings (SSSR count). The van der Waals surface area contributed by atoms with E-state index in [1.54, 1.807) is 0 Å². The standard InChI is InChI=1S/C22H35N3O2/c1-21(2)12-19(13-22(3,4)24-21)23-20(27)25-11-5-6-18(14-25)17-9-7-16(15-26)8-10-17/h7-10,18-19,24,26H,5-6,11-15H2,1-4H3,(H,23,27). The van der Waals surface area contributed by atoms with Gasteiger partial charge in [-0.15, -0.1) is 0 Å². The molecule has 5 nitrogen and oxygen atoms in total. The Morgan fingerprint density at radius 2 is 1.81 bits per heavy atom. The van der Waals surface area contributed by atoms with Crippen molar-refractivity contribution in [2.24, 2.45) is 0 Å². The molecule has 0 saturated carbocycles. The molecule has 1 aromatic carbocycles. The minimum Gasteiger partial charge on any atom is -0.392 e. The molecule has 0 spiro atoms. The first kappa shape index (κ1) is 20.2. The summed E-state index contributed by atoms with van der Waals surface area (Å²) in [4.78, 5) is 14.9. The van der Waals surface area contributed by atoms with Crippen LogP contribution in [0.2, 0.25) is 0 Å². The number of rotatable bonds is 3. The van der Waals surface area contributed by atoms with E-state index < -0.39 is 0 Å². The first-order valence-electron chi connectivity index (χ1n) is 10.2. The average molecular weight is 374 g/mol. The second-order valence-electron chi connectivity index (χ2n) is 9.63. The van der Waals surface area contributed by atoms with Gasteiger partial charge in [0.15, 0.2) is 0 Å². The lowest BCUT2D eigenvalue weighted by Crippen LogP contribution is -2.63. The number of likely N-dealkylation sites (tertiary alicyclic amines) is 1. The van der Waals surface area contributed by atoms with Crippen LogP contribution in [0.25, 0.3) is 0 Å². The van der Waals surface area contributed by atoms with Crippen LogP contribution in [-0.4, -0.2) is 46.2 Å². The van der Waals surface area contributed by atoms with Crippen molar-refractivity contribution in [2.45, 2.75) is 83.0 Å². The lowest BCUT2D eigenvalue weighted by atomic mass is 9.79. The van der Waals surface area contributed by atoms with E-state index >= 15 is 0 Å². The molecule has 2 saturated heterocycles. The molecule has 2 aliphatic heterocycles. The molecule has 5 heteroatoms. The summed E-state index contributed by atoms with van der Waals surface area (Å²) in [5.74, 6) is 0.373. The molecule has 1 aromatic rings. The number of nitrogens with zero attached hydrogens (tertiary/aromatic N) is 1. The fourth-order valence-corrected chi connectivity index (χ4v) is 5.02. The van der Waals surface area contributed by atoms with Gasteiger partial charge < -0.3 is 20.6 Å². The third kappa shape index (κ3) is 5.23. The maximum Gasteiger partial charge on any atom is 0.317 e. The molecular formula is C22H35N3O2. The van der Waals surface area contributed by atoms with Gasteiger partial charge in [0.1, 0.15) is 0 Å². The molecule has 2 heterocycles. The van der Waals surface area contributed by atoms with Gasteiger partial charge in [-0.3, -0.25) is 0 Å². The molecule has 0 bridgehead atoms. The van der Waals surface area contributed by atoms with E-state index in [0.29, 0.717) is 5.92 Å². The monoisotopic (exact) mass is 373 g/mol. The van der Waals surface area contributed by atoms with E-state index in [1.807, 2.05) is 17.0 Å². The van der Waals surface area contributed by atoms with Gasteiger partial charge in [-0.25, -0.2) is 4.79 Å². The quantitative estimate of drug-likeness (QED) is 0.761. The van der Waals surface area contributed by atoms with Crippen LogP contribution in [0.15, 0.2) is 24.3 Å². The smallest absolute Gasteiger partial charge is 0.317 e. The molecule has 0 aromatic heterocycles. The van der Waals surface area contributed by atoms with Crippen LogP contribution in [0.4, 0.5) is 4.79 Å². The molecular weight excluding hydrogens is 338 g/mol. The molecule has 0 aliphatic carbocycles. The predicted octanol–water partition coefficient (Wildman–Crippen LogP) is 3.38. The number of hydrogen-bond acceptors (Lipinski definition) is 3. The van der Waals surface area contributed by atoms with Gasteiger partial charge in [-0.05, 0) is 64.5 Å². The van der Waals surface area contributed by atoms with Gasteiger partial charge in [-0.1, -0.05) is 24.3 Å². The van der Waals surface area contributed by atoms with Crippen LogP contribution < -0.4 is 10.6 Å². The van der Waals surface area contributed by atoms with Gasteiger partial charge in [0.25, 0.3) is 0 Å². The highest BCUT2D eigenvalue weighted by Gasteiger charge is 2.38. The molecule has 3 N–H and O–H groups in total. The molecule has 2 fully saturated rings. The van der Waals surface area contributed by atoms with Crippen molar-refractivity contribution in [3.63, 3.8) is 0 Å². The molecule has 1 unspecified atom stereocenters. The molecule has 2 amide bonds. The SMILES string of the molecule is CC1(C)CC(NC(=O)N2CCCC(c3ccc(CO)cc3)C2)CC(C)(C)N1. The van der Waals surface area contributed by atoms with Gasteiger partial charge >= 0.3 is 6.03 Å². The Kier molecular flexibility index (Phi) is 5.82. The zero-order valence-electron chi connectivity index (χ0n) is 17.2. The average Bonchev–Trinajstić information content (AvgIpc) is 2.59. The number of nitrogens with one attached hydrogen (secondary N) is 2. The lowest BCUT2D eigenvalue weighted by molar-refractivity contribution is 0.134. The van der Waals surface area contributed by atoms with Gasteiger partial charge in [0.05, 0.1) is 6.61 Å². The number of aliphatic hydroxyl groups is 1. The third-order valence-corrected chi connectivity index (χ3v) is 5.86. The molecule has 1 atom stereocenters.